The van der Waals surface area contributed by atoms with E-state index in [1.807, 2.05) is 43.3 Å². The van der Waals surface area contributed by atoms with Gasteiger partial charge in [-0.05, 0) is 48.9 Å². The van der Waals surface area contributed by atoms with Crippen LogP contribution in [0.1, 0.15) is 43.4 Å². The number of fused-ring (bicyclic) bond motifs is 1. The SMILES string of the molecule is CC[C@@H](Oc1ccccc1)C(=O)N[C@@H]1CCCc2ccccc21. The number of amides is 1. The molecule has 3 rings (SSSR count). The highest BCUT2D eigenvalue weighted by Gasteiger charge is 2.25. The first kappa shape index (κ1) is 15.6. The molecule has 0 bridgehead atoms. The number of carbonyl (C=O) groups is 1. The highest BCUT2D eigenvalue weighted by molar-refractivity contribution is 5.81. The molecule has 3 heteroatoms. The quantitative estimate of drug-likeness (QED) is 0.905. The van der Waals surface area contributed by atoms with Crippen molar-refractivity contribution in [2.24, 2.45) is 0 Å². The zero-order valence-electron chi connectivity index (χ0n) is 13.5. The Morgan fingerprint density at radius 1 is 1.17 bits per heavy atom. The number of hydrogen-bond donors (Lipinski definition) is 1. The van der Waals surface area contributed by atoms with Gasteiger partial charge in [0.05, 0.1) is 6.04 Å². The van der Waals surface area contributed by atoms with Crippen LogP contribution in [0.25, 0.3) is 0 Å². The second kappa shape index (κ2) is 7.32. The number of aryl methyl sites for hydroxylation is 1. The average Bonchev–Trinajstić information content (AvgIpc) is 2.61. The molecule has 2 aromatic carbocycles. The highest BCUT2D eigenvalue weighted by Crippen LogP contribution is 2.29. The predicted molar refractivity (Wildman–Crippen MR) is 91.4 cm³/mol. The van der Waals surface area contributed by atoms with Gasteiger partial charge in [0.15, 0.2) is 6.10 Å². The summed E-state index contributed by atoms with van der Waals surface area (Å²) in [5.74, 6) is 0.705. The minimum atomic E-state index is -0.452. The molecular formula is C20H23NO2. The second-order valence-corrected chi connectivity index (χ2v) is 5.98. The predicted octanol–water partition coefficient (Wildman–Crippen LogP) is 4.04. The van der Waals surface area contributed by atoms with Gasteiger partial charge in [-0.3, -0.25) is 4.79 Å². The summed E-state index contributed by atoms with van der Waals surface area (Å²) in [5, 5.41) is 3.18. The molecule has 0 spiro atoms. The van der Waals surface area contributed by atoms with Crippen LogP contribution < -0.4 is 10.1 Å². The highest BCUT2D eigenvalue weighted by atomic mass is 16.5. The van der Waals surface area contributed by atoms with Gasteiger partial charge < -0.3 is 10.1 Å². The van der Waals surface area contributed by atoms with Gasteiger partial charge in [0.2, 0.25) is 0 Å². The number of nitrogens with one attached hydrogen (secondary N) is 1. The van der Waals surface area contributed by atoms with Gasteiger partial charge in [-0.25, -0.2) is 0 Å². The van der Waals surface area contributed by atoms with Crippen LogP contribution in [0.2, 0.25) is 0 Å². The summed E-state index contributed by atoms with van der Waals surface area (Å²) in [7, 11) is 0. The van der Waals surface area contributed by atoms with Crippen LogP contribution in [0.15, 0.2) is 54.6 Å². The molecular weight excluding hydrogens is 286 g/mol. The van der Waals surface area contributed by atoms with Crippen LogP contribution in [0, 0.1) is 0 Å². The van der Waals surface area contributed by atoms with Crippen molar-refractivity contribution in [2.45, 2.75) is 44.8 Å². The van der Waals surface area contributed by atoms with Crippen molar-refractivity contribution in [3.05, 3.63) is 65.7 Å². The van der Waals surface area contributed by atoms with Crippen molar-refractivity contribution >= 4 is 5.91 Å². The van der Waals surface area contributed by atoms with Crippen molar-refractivity contribution in [3.8, 4) is 5.75 Å². The Morgan fingerprint density at radius 3 is 2.70 bits per heavy atom. The second-order valence-electron chi connectivity index (χ2n) is 5.98. The average molecular weight is 309 g/mol. The fourth-order valence-electron chi connectivity index (χ4n) is 3.15. The first-order chi connectivity index (χ1) is 11.3. The smallest absolute Gasteiger partial charge is 0.261 e. The molecule has 1 aliphatic carbocycles. The number of carbonyl (C=O) groups excluding carboxylic acids is 1. The molecule has 0 saturated carbocycles. The third-order valence-corrected chi connectivity index (χ3v) is 4.37. The van der Waals surface area contributed by atoms with Gasteiger partial charge in [0.1, 0.15) is 5.75 Å². The third-order valence-electron chi connectivity index (χ3n) is 4.37. The van der Waals surface area contributed by atoms with E-state index < -0.39 is 6.10 Å². The normalized spacial score (nSPS) is 17.9. The number of hydrogen-bond acceptors (Lipinski definition) is 2. The zero-order chi connectivity index (χ0) is 16.1. The molecule has 3 nitrogen and oxygen atoms in total. The van der Waals surface area contributed by atoms with Crippen LogP contribution in [-0.4, -0.2) is 12.0 Å². The fraction of sp³-hybridized carbons (Fsp3) is 0.350. The summed E-state index contributed by atoms with van der Waals surface area (Å²) >= 11 is 0. The summed E-state index contributed by atoms with van der Waals surface area (Å²) in [4.78, 5) is 12.6. The largest absolute Gasteiger partial charge is 0.481 e. The van der Waals surface area contributed by atoms with Crippen LogP contribution in [0.3, 0.4) is 0 Å². The van der Waals surface area contributed by atoms with E-state index >= 15 is 0 Å². The Labute approximate surface area is 137 Å². The molecule has 120 valence electrons. The van der Waals surface area contributed by atoms with E-state index in [-0.39, 0.29) is 11.9 Å². The number of rotatable bonds is 5. The van der Waals surface area contributed by atoms with E-state index in [2.05, 4.69) is 23.5 Å². The van der Waals surface area contributed by atoms with Crippen LogP contribution in [-0.2, 0) is 11.2 Å². The van der Waals surface area contributed by atoms with Gasteiger partial charge >= 0.3 is 0 Å². The summed E-state index contributed by atoms with van der Waals surface area (Å²) in [6.07, 6.45) is 3.39. The molecule has 0 unspecified atom stereocenters. The van der Waals surface area contributed by atoms with Gasteiger partial charge in [0, 0.05) is 0 Å². The van der Waals surface area contributed by atoms with E-state index in [1.165, 1.54) is 11.1 Å². The van der Waals surface area contributed by atoms with Crippen LogP contribution >= 0.6 is 0 Å². The van der Waals surface area contributed by atoms with Crippen molar-refractivity contribution in [1.29, 1.82) is 0 Å². The van der Waals surface area contributed by atoms with Gasteiger partial charge in [-0.2, -0.15) is 0 Å². The Morgan fingerprint density at radius 2 is 1.91 bits per heavy atom. The van der Waals surface area contributed by atoms with E-state index in [9.17, 15) is 4.79 Å². The maximum absolute atomic E-state index is 12.6. The molecule has 2 aromatic rings. The van der Waals surface area contributed by atoms with Gasteiger partial charge in [-0.1, -0.05) is 49.4 Å². The summed E-state index contributed by atoms with van der Waals surface area (Å²) in [6.45, 7) is 1.97. The number of para-hydroxylation sites is 1. The molecule has 0 radical (unpaired) electrons. The van der Waals surface area contributed by atoms with E-state index in [1.54, 1.807) is 0 Å². The Hall–Kier alpha value is -2.29. The van der Waals surface area contributed by atoms with E-state index in [0.29, 0.717) is 6.42 Å². The maximum Gasteiger partial charge on any atom is 0.261 e. The summed E-state index contributed by atoms with van der Waals surface area (Å²) in [6, 6.07) is 18.0. The van der Waals surface area contributed by atoms with Crippen LogP contribution in [0.4, 0.5) is 0 Å². The van der Waals surface area contributed by atoms with Gasteiger partial charge in [-0.15, -0.1) is 0 Å². The standard InChI is InChI=1S/C20H23NO2/c1-2-19(23-16-11-4-3-5-12-16)20(22)21-18-14-8-10-15-9-6-7-13-17(15)18/h3-7,9,11-13,18-19H,2,8,10,14H2,1H3,(H,21,22)/t18-,19-/m1/s1. The Kier molecular flexibility index (Phi) is 4.96. The zero-order valence-corrected chi connectivity index (χ0v) is 13.5. The van der Waals surface area contributed by atoms with E-state index in [0.717, 1.165) is 25.0 Å². The summed E-state index contributed by atoms with van der Waals surface area (Å²) in [5.41, 5.74) is 2.60. The number of benzene rings is 2. The third kappa shape index (κ3) is 3.73. The van der Waals surface area contributed by atoms with Crippen molar-refractivity contribution in [1.82, 2.24) is 5.32 Å². The lowest BCUT2D eigenvalue weighted by molar-refractivity contribution is -0.129. The molecule has 1 aliphatic rings. The molecule has 23 heavy (non-hydrogen) atoms. The minimum Gasteiger partial charge on any atom is -0.481 e. The van der Waals surface area contributed by atoms with Crippen molar-refractivity contribution < 1.29 is 9.53 Å². The maximum atomic E-state index is 12.6. The lowest BCUT2D eigenvalue weighted by atomic mass is 9.87. The van der Waals surface area contributed by atoms with Gasteiger partial charge in [0.25, 0.3) is 5.91 Å². The van der Waals surface area contributed by atoms with E-state index in [4.69, 9.17) is 4.74 Å². The fourth-order valence-corrected chi connectivity index (χ4v) is 3.15. The van der Waals surface area contributed by atoms with Crippen LogP contribution in [0.5, 0.6) is 5.75 Å². The topological polar surface area (TPSA) is 38.3 Å². The monoisotopic (exact) mass is 309 g/mol. The lowest BCUT2D eigenvalue weighted by Gasteiger charge is -2.28. The molecule has 1 amide bonds. The molecule has 0 aliphatic heterocycles. The van der Waals surface area contributed by atoms with Crippen molar-refractivity contribution in [3.63, 3.8) is 0 Å². The first-order valence-electron chi connectivity index (χ1n) is 8.38. The molecule has 0 fully saturated rings. The first-order valence-corrected chi connectivity index (χ1v) is 8.38. The van der Waals surface area contributed by atoms with Crippen molar-refractivity contribution in [2.75, 3.05) is 0 Å². The molecule has 1 N–H and O–H groups in total. The number of ether oxygens (including phenoxy) is 1. The lowest BCUT2D eigenvalue weighted by Crippen LogP contribution is -2.40. The Balaban J connectivity index is 1.68. The molecule has 0 aromatic heterocycles. The summed E-state index contributed by atoms with van der Waals surface area (Å²) < 4.78 is 5.84. The minimum absolute atomic E-state index is 0.0296. The molecule has 0 saturated heterocycles. The Bertz CT molecular complexity index is 654. The molecule has 2 atom stereocenters. The molecule has 0 heterocycles.